The zero-order valence-corrected chi connectivity index (χ0v) is 18.0. The van der Waals surface area contributed by atoms with E-state index in [1.165, 1.54) is 12.1 Å². The molecule has 0 fully saturated rings. The van der Waals surface area contributed by atoms with Gasteiger partial charge >= 0.3 is 17.7 Å². The number of carbonyl (C=O) groups excluding carboxylic acids is 2. The SMILES string of the molecule is CCCc1cc(=O)oc2cc(OC(=O)[C@@H](CC)NC(=O)OC(C)(C)C)c(Cl)cc12. The molecule has 0 saturated heterocycles. The molecule has 1 heterocycles. The summed E-state index contributed by atoms with van der Waals surface area (Å²) in [6.45, 7) is 8.89. The second-order valence-electron chi connectivity index (χ2n) is 7.65. The molecule has 0 aliphatic rings. The van der Waals surface area contributed by atoms with E-state index in [1.807, 2.05) is 6.92 Å². The van der Waals surface area contributed by atoms with Crippen LogP contribution >= 0.6 is 11.6 Å². The van der Waals surface area contributed by atoms with E-state index in [-0.39, 0.29) is 16.4 Å². The first-order valence-corrected chi connectivity index (χ1v) is 9.89. The molecule has 29 heavy (non-hydrogen) atoms. The molecule has 0 aliphatic heterocycles. The third-order valence-electron chi connectivity index (χ3n) is 4.00. The maximum absolute atomic E-state index is 12.5. The maximum Gasteiger partial charge on any atom is 0.408 e. The van der Waals surface area contributed by atoms with Crippen LogP contribution in [0.3, 0.4) is 0 Å². The number of aryl methyl sites for hydroxylation is 1. The highest BCUT2D eigenvalue weighted by Gasteiger charge is 2.25. The van der Waals surface area contributed by atoms with Crippen LogP contribution in [0.1, 0.15) is 53.0 Å². The standard InChI is InChI=1S/C21H26ClNO6/c1-6-8-12-9-18(24)27-16-11-17(14(22)10-13(12)16)28-19(25)15(7-2)23-20(26)29-21(3,4)5/h9-11,15H,6-8H2,1-5H3,(H,23,26)/t15-/m1/s1. The van der Waals surface area contributed by atoms with Crippen molar-refractivity contribution in [3.63, 3.8) is 0 Å². The number of benzene rings is 1. The van der Waals surface area contributed by atoms with Gasteiger partial charge in [0.05, 0.1) is 5.02 Å². The van der Waals surface area contributed by atoms with E-state index in [9.17, 15) is 14.4 Å². The highest BCUT2D eigenvalue weighted by Crippen LogP contribution is 2.32. The van der Waals surface area contributed by atoms with Crippen LogP contribution in [0.15, 0.2) is 27.4 Å². The van der Waals surface area contributed by atoms with Crippen LogP contribution in [0.25, 0.3) is 11.0 Å². The minimum atomic E-state index is -0.921. The normalized spacial score (nSPS) is 12.5. The quantitative estimate of drug-likeness (QED) is 0.414. The molecule has 0 radical (unpaired) electrons. The molecule has 158 valence electrons. The monoisotopic (exact) mass is 423 g/mol. The van der Waals surface area contributed by atoms with Crippen molar-refractivity contribution < 1.29 is 23.5 Å². The fourth-order valence-corrected chi connectivity index (χ4v) is 2.94. The Kier molecular flexibility index (Phi) is 7.30. The Hall–Kier alpha value is -2.54. The molecule has 0 spiro atoms. The fourth-order valence-electron chi connectivity index (χ4n) is 2.74. The average Bonchev–Trinajstić information content (AvgIpc) is 2.59. The molecule has 0 aliphatic carbocycles. The summed E-state index contributed by atoms with van der Waals surface area (Å²) in [6.07, 6.45) is 1.11. The molecule has 1 aromatic heterocycles. The molecule has 2 aromatic rings. The summed E-state index contributed by atoms with van der Waals surface area (Å²) >= 11 is 6.29. The summed E-state index contributed by atoms with van der Waals surface area (Å²) in [5.41, 5.74) is -0.0850. The first-order valence-electron chi connectivity index (χ1n) is 9.51. The lowest BCUT2D eigenvalue weighted by molar-refractivity contribution is -0.136. The van der Waals surface area contributed by atoms with Gasteiger partial charge in [-0.2, -0.15) is 0 Å². The maximum atomic E-state index is 12.5. The van der Waals surface area contributed by atoms with Gasteiger partial charge in [-0.25, -0.2) is 14.4 Å². The Labute approximate surface area is 174 Å². The molecule has 8 heteroatoms. The lowest BCUT2D eigenvalue weighted by Gasteiger charge is -2.22. The van der Waals surface area contributed by atoms with Gasteiger partial charge in [0.15, 0.2) is 5.75 Å². The Morgan fingerprint density at radius 3 is 2.48 bits per heavy atom. The molecule has 7 nitrogen and oxygen atoms in total. The van der Waals surface area contributed by atoms with Crippen molar-refractivity contribution in [1.82, 2.24) is 5.32 Å². The summed E-state index contributed by atoms with van der Waals surface area (Å²) < 4.78 is 15.8. The Morgan fingerprint density at radius 1 is 1.21 bits per heavy atom. The van der Waals surface area contributed by atoms with Crippen molar-refractivity contribution in [2.75, 3.05) is 0 Å². The first-order chi connectivity index (χ1) is 13.5. The van der Waals surface area contributed by atoms with E-state index in [0.717, 1.165) is 12.0 Å². The van der Waals surface area contributed by atoms with Gasteiger partial charge in [0.1, 0.15) is 17.2 Å². The van der Waals surface area contributed by atoms with E-state index in [0.29, 0.717) is 18.2 Å². The third kappa shape index (κ3) is 6.22. The summed E-state index contributed by atoms with van der Waals surface area (Å²) in [5, 5.41) is 3.37. The van der Waals surface area contributed by atoms with Crippen molar-refractivity contribution in [2.45, 2.75) is 65.5 Å². The molecular formula is C21H26ClNO6. The van der Waals surface area contributed by atoms with Crippen LogP contribution in [-0.4, -0.2) is 23.7 Å². The second-order valence-corrected chi connectivity index (χ2v) is 8.05. The molecule has 2 rings (SSSR count). The number of hydrogen-bond donors (Lipinski definition) is 1. The Morgan fingerprint density at radius 2 is 1.90 bits per heavy atom. The number of nitrogens with one attached hydrogen (secondary N) is 1. The van der Waals surface area contributed by atoms with E-state index < -0.39 is 29.3 Å². The molecule has 0 bridgehead atoms. The molecule has 1 amide bonds. The average molecular weight is 424 g/mol. The van der Waals surface area contributed by atoms with Crippen molar-refractivity contribution in [3.8, 4) is 5.75 Å². The van der Waals surface area contributed by atoms with Gasteiger partial charge < -0.3 is 19.2 Å². The van der Waals surface area contributed by atoms with E-state index in [2.05, 4.69) is 5.32 Å². The number of amides is 1. The lowest BCUT2D eigenvalue weighted by atomic mass is 10.1. The minimum absolute atomic E-state index is 0.0467. The van der Waals surface area contributed by atoms with Crippen LogP contribution in [-0.2, 0) is 16.0 Å². The van der Waals surface area contributed by atoms with Crippen LogP contribution in [0.5, 0.6) is 5.75 Å². The molecular weight excluding hydrogens is 398 g/mol. The van der Waals surface area contributed by atoms with Crippen molar-refractivity contribution in [1.29, 1.82) is 0 Å². The molecule has 0 saturated carbocycles. The van der Waals surface area contributed by atoms with Gasteiger partial charge in [-0.1, -0.05) is 31.9 Å². The van der Waals surface area contributed by atoms with Crippen LogP contribution in [0.4, 0.5) is 4.79 Å². The number of halogens is 1. The minimum Gasteiger partial charge on any atom is -0.444 e. The van der Waals surface area contributed by atoms with E-state index in [1.54, 1.807) is 33.8 Å². The summed E-state index contributed by atoms with van der Waals surface area (Å²) in [7, 11) is 0. The fraction of sp³-hybridized carbons (Fsp3) is 0.476. The van der Waals surface area contributed by atoms with Gasteiger partial charge in [-0.15, -0.1) is 0 Å². The van der Waals surface area contributed by atoms with Crippen LogP contribution in [0.2, 0.25) is 5.02 Å². The lowest BCUT2D eigenvalue weighted by Crippen LogP contribution is -2.44. The third-order valence-corrected chi connectivity index (χ3v) is 4.29. The zero-order valence-electron chi connectivity index (χ0n) is 17.3. The number of rotatable bonds is 6. The number of ether oxygens (including phenoxy) is 2. The number of hydrogen-bond acceptors (Lipinski definition) is 6. The van der Waals surface area contributed by atoms with Gasteiger partial charge in [0.25, 0.3) is 0 Å². The van der Waals surface area contributed by atoms with Gasteiger partial charge in [-0.3, -0.25) is 0 Å². The molecule has 1 N–H and O–H groups in total. The predicted octanol–water partition coefficient (Wildman–Crippen LogP) is 4.61. The summed E-state index contributed by atoms with van der Waals surface area (Å²) in [6, 6.07) is 3.53. The number of alkyl carbamates (subject to hydrolysis) is 1. The zero-order chi connectivity index (χ0) is 21.8. The molecule has 1 atom stereocenters. The summed E-state index contributed by atoms with van der Waals surface area (Å²) in [5.74, 6) is -0.655. The molecule has 1 aromatic carbocycles. The molecule has 0 unspecified atom stereocenters. The smallest absolute Gasteiger partial charge is 0.408 e. The number of carbonyl (C=O) groups is 2. The van der Waals surface area contributed by atoms with Gasteiger partial charge in [0, 0.05) is 17.5 Å². The highest BCUT2D eigenvalue weighted by molar-refractivity contribution is 6.33. The topological polar surface area (TPSA) is 94.8 Å². The summed E-state index contributed by atoms with van der Waals surface area (Å²) in [4.78, 5) is 36.3. The number of fused-ring (bicyclic) bond motifs is 1. The van der Waals surface area contributed by atoms with Crippen molar-refractivity contribution >= 4 is 34.6 Å². The largest absolute Gasteiger partial charge is 0.444 e. The van der Waals surface area contributed by atoms with Crippen molar-refractivity contribution in [2.24, 2.45) is 0 Å². The van der Waals surface area contributed by atoms with Crippen LogP contribution < -0.4 is 15.7 Å². The first kappa shape index (κ1) is 22.7. The second kappa shape index (κ2) is 9.31. The van der Waals surface area contributed by atoms with Gasteiger partial charge in [-0.05, 0) is 45.2 Å². The van der Waals surface area contributed by atoms with E-state index >= 15 is 0 Å². The van der Waals surface area contributed by atoms with Crippen molar-refractivity contribution in [3.05, 3.63) is 39.2 Å². The highest BCUT2D eigenvalue weighted by atomic mass is 35.5. The Balaban J connectivity index is 2.25. The predicted molar refractivity (Wildman–Crippen MR) is 111 cm³/mol. The van der Waals surface area contributed by atoms with E-state index in [4.69, 9.17) is 25.5 Å². The number of esters is 1. The Bertz CT molecular complexity index is 960. The van der Waals surface area contributed by atoms with Gasteiger partial charge in [0.2, 0.25) is 0 Å². The van der Waals surface area contributed by atoms with Crippen LogP contribution in [0, 0.1) is 0 Å².